The first-order valence-corrected chi connectivity index (χ1v) is 10.8. The van der Waals surface area contributed by atoms with Gasteiger partial charge in [-0.2, -0.15) is 5.10 Å². The summed E-state index contributed by atoms with van der Waals surface area (Å²) in [4.78, 5) is 12.4. The summed E-state index contributed by atoms with van der Waals surface area (Å²) in [7, 11) is 3.04. The van der Waals surface area contributed by atoms with Crippen LogP contribution < -0.4 is 14.9 Å². The fourth-order valence-corrected chi connectivity index (χ4v) is 3.64. The first-order valence-electron chi connectivity index (χ1n) is 9.67. The molecule has 3 aromatic rings. The Balaban J connectivity index is 1.67. The van der Waals surface area contributed by atoms with E-state index in [1.165, 1.54) is 13.3 Å². The third-order valence-corrected chi connectivity index (χ3v) is 5.35. The number of ether oxygens (including phenoxy) is 3. The van der Waals surface area contributed by atoms with Crippen molar-refractivity contribution in [1.82, 2.24) is 5.43 Å². The molecule has 1 N–H and O–H groups in total. The number of hydrazone groups is 1. The Hall–Kier alpha value is -2.87. The van der Waals surface area contributed by atoms with E-state index in [0.717, 1.165) is 11.1 Å². The maximum atomic E-state index is 12.4. The molecule has 32 heavy (non-hydrogen) atoms. The summed E-state index contributed by atoms with van der Waals surface area (Å²) in [6.45, 7) is 0.355. The Labute approximate surface area is 200 Å². The molecule has 0 saturated carbocycles. The van der Waals surface area contributed by atoms with Gasteiger partial charge in [0.05, 0.1) is 17.8 Å². The number of nitrogens with one attached hydrogen (secondary N) is 1. The summed E-state index contributed by atoms with van der Waals surface area (Å²) >= 11 is 9.44. The van der Waals surface area contributed by atoms with Crippen molar-refractivity contribution in [1.29, 1.82) is 0 Å². The molecule has 166 valence electrons. The fourth-order valence-electron chi connectivity index (χ4n) is 2.94. The van der Waals surface area contributed by atoms with Crippen molar-refractivity contribution in [3.05, 3.63) is 92.9 Å². The Morgan fingerprint density at radius 2 is 1.84 bits per heavy atom. The lowest BCUT2D eigenvalue weighted by atomic mass is 10.1. The number of hydrogen-bond acceptors (Lipinski definition) is 5. The average Bonchev–Trinajstić information content (AvgIpc) is 2.80. The first-order chi connectivity index (χ1) is 15.5. The first kappa shape index (κ1) is 23.8. The molecule has 0 aromatic heterocycles. The predicted octanol–water partition coefficient (Wildman–Crippen LogP) is 5.53. The molecule has 1 amide bonds. The third-order valence-electron chi connectivity index (χ3n) is 4.51. The van der Waals surface area contributed by atoms with Gasteiger partial charge in [-0.3, -0.25) is 4.79 Å². The molecule has 0 fully saturated rings. The van der Waals surface area contributed by atoms with Crippen molar-refractivity contribution >= 4 is 39.7 Å². The van der Waals surface area contributed by atoms with E-state index < -0.39 is 6.10 Å². The number of hydrogen-bond donors (Lipinski definition) is 1. The average molecular weight is 518 g/mol. The van der Waals surface area contributed by atoms with Crippen LogP contribution >= 0.6 is 27.5 Å². The lowest BCUT2D eigenvalue weighted by Crippen LogP contribution is -2.26. The zero-order chi connectivity index (χ0) is 22.9. The molecule has 6 nitrogen and oxygen atoms in total. The second-order valence-electron chi connectivity index (χ2n) is 6.71. The Morgan fingerprint density at radius 3 is 2.50 bits per heavy atom. The highest BCUT2D eigenvalue weighted by Crippen LogP contribution is 2.37. The van der Waals surface area contributed by atoms with Gasteiger partial charge in [-0.05, 0) is 56.9 Å². The number of nitrogens with zero attached hydrogens (tertiary/aromatic N) is 1. The van der Waals surface area contributed by atoms with Crippen molar-refractivity contribution in [2.75, 3.05) is 14.2 Å². The maximum absolute atomic E-state index is 12.4. The highest BCUT2D eigenvalue weighted by atomic mass is 79.9. The SMILES string of the molecule is COc1cc(/C=N\NC(=O)[C@@H](OC)c2ccccc2)cc(Br)c1OCc1ccc(Cl)cc1. The van der Waals surface area contributed by atoms with E-state index in [2.05, 4.69) is 26.5 Å². The number of carbonyl (C=O) groups is 1. The molecular weight excluding hydrogens is 496 g/mol. The van der Waals surface area contributed by atoms with Crippen LogP contribution in [0.3, 0.4) is 0 Å². The number of rotatable bonds is 9. The van der Waals surface area contributed by atoms with Crippen LogP contribution in [0.4, 0.5) is 0 Å². The topological polar surface area (TPSA) is 69.2 Å². The molecule has 3 rings (SSSR count). The molecule has 0 spiro atoms. The van der Waals surface area contributed by atoms with Gasteiger partial charge in [-0.1, -0.05) is 54.1 Å². The number of carbonyl (C=O) groups excluding carboxylic acids is 1. The lowest BCUT2D eigenvalue weighted by Gasteiger charge is -2.14. The molecule has 0 saturated heterocycles. The smallest absolute Gasteiger partial charge is 0.273 e. The molecule has 0 bridgehead atoms. The minimum Gasteiger partial charge on any atom is -0.493 e. The van der Waals surface area contributed by atoms with Crippen LogP contribution in [-0.4, -0.2) is 26.3 Å². The van der Waals surface area contributed by atoms with Crippen LogP contribution in [0.1, 0.15) is 22.8 Å². The summed E-state index contributed by atoms with van der Waals surface area (Å²) in [5, 5.41) is 4.72. The Morgan fingerprint density at radius 1 is 1.12 bits per heavy atom. The van der Waals surface area contributed by atoms with E-state index in [1.807, 2.05) is 60.7 Å². The Kier molecular flexibility index (Phi) is 8.67. The van der Waals surface area contributed by atoms with Gasteiger partial charge in [0.1, 0.15) is 6.61 Å². The Bertz CT molecular complexity index is 1080. The third kappa shape index (κ3) is 6.32. The quantitative estimate of drug-likeness (QED) is 0.299. The molecular formula is C24H22BrClN2O4. The monoisotopic (exact) mass is 516 g/mol. The second kappa shape index (κ2) is 11.7. The van der Waals surface area contributed by atoms with Crippen LogP contribution in [0.15, 0.2) is 76.3 Å². The highest BCUT2D eigenvalue weighted by Gasteiger charge is 2.19. The van der Waals surface area contributed by atoms with Crippen molar-refractivity contribution in [3.8, 4) is 11.5 Å². The van der Waals surface area contributed by atoms with E-state index >= 15 is 0 Å². The summed E-state index contributed by atoms with van der Waals surface area (Å²) in [6.07, 6.45) is 0.768. The molecule has 0 aliphatic heterocycles. The van der Waals surface area contributed by atoms with Crippen LogP contribution in [0, 0.1) is 0 Å². The van der Waals surface area contributed by atoms with Gasteiger partial charge in [-0.15, -0.1) is 0 Å². The van der Waals surface area contributed by atoms with Crippen LogP contribution in [0.25, 0.3) is 0 Å². The van der Waals surface area contributed by atoms with E-state index in [9.17, 15) is 4.79 Å². The number of halogens is 2. The van der Waals surface area contributed by atoms with Crippen LogP contribution in [0.5, 0.6) is 11.5 Å². The zero-order valence-corrected chi connectivity index (χ0v) is 19.9. The molecule has 0 unspecified atom stereocenters. The predicted molar refractivity (Wildman–Crippen MR) is 128 cm³/mol. The fraction of sp³-hybridized carbons (Fsp3) is 0.167. The van der Waals surface area contributed by atoms with Crippen LogP contribution in [0.2, 0.25) is 5.02 Å². The summed E-state index contributed by atoms with van der Waals surface area (Å²) in [6, 6.07) is 20.2. The molecule has 8 heteroatoms. The maximum Gasteiger partial charge on any atom is 0.273 e. The minimum atomic E-state index is -0.752. The number of amides is 1. The number of methoxy groups -OCH3 is 2. The largest absolute Gasteiger partial charge is 0.493 e. The van der Waals surface area contributed by atoms with Crippen molar-refractivity contribution in [2.45, 2.75) is 12.7 Å². The molecule has 1 atom stereocenters. The van der Waals surface area contributed by atoms with Crippen molar-refractivity contribution in [3.63, 3.8) is 0 Å². The van der Waals surface area contributed by atoms with Gasteiger partial charge in [0, 0.05) is 12.1 Å². The van der Waals surface area contributed by atoms with Gasteiger partial charge in [0.15, 0.2) is 17.6 Å². The summed E-state index contributed by atoms with van der Waals surface area (Å²) < 4.78 is 17.4. The molecule has 3 aromatic carbocycles. The van der Waals surface area contributed by atoms with Gasteiger partial charge >= 0.3 is 0 Å². The van der Waals surface area contributed by atoms with Gasteiger partial charge < -0.3 is 14.2 Å². The summed E-state index contributed by atoms with van der Waals surface area (Å²) in [5.74, 6) is 0.719. The van der Waals surface area contributed by atoms with Crippen LogP contribution in [-0.2, 0) is 16.1 Å². The van der Waals surface area contributed by atoms with E-state index in [4.69, 9.17) is 25.8 Å². The molecule has 0 radical (unpaired) electrons. The normalized spacial score (nSPS) is 11.9. The molecule has 0 heterocycles. The van der Waals surface area contributed by atoms with E-state index in [0.29, 0.717) is 33.2 Å². The van der Waals surface area contributed by atoms with Gasteiger partial charge in [0.25, 0.3) is 5.91 Å². The zero-order valence-electron chi connectivity index (χ0n) is 17.5. The minimum absolute atomic E-state index is 0.355. The lowest BCUT2D eigenvalue weighted by molar-refractivity contribution is -0.131. The second-order valence-corrected chi connectivity index (χ2v) is 8.00. The number of benzene rings is 3. The van der Waals surface area contributed by atoms with Crippen molar-refractivity contribution < 1.29 is 19.0 Å². The molecule has 0 aliphatic rings. The standard InChI is InChI=1S/C24H22BrClN2O4/c1-30-21-13-17(12-20(25)23(21)32-15-16-8-10-19(26)11-9-16)14-27-28-24(29)22(31-2)18-6-4-3-5-7-18/h3-14,22H,15H2,1-2H3,(H,28,29)/b27-14-/t22-/m0/s1. The highest BCUT2D eigenvalue weighted by molar-refractivity contribution is 9.10. The van der Waals surface area contributed by atoms with Gasteiger partial charge in [0.2, 0.25) is 0 Å². The van der Waals surface area contributed by atoms with E-state index in [-0.39, 0.29) is 5.91 Å². The summed E-state index contributed by atoms with van der Waals surface area (Å²) in [5.41, 5.74) is 4.94. The van der Waals surface area contributed by atoms with Crippen molar-refractivity contribution in [2.24, 2.45) is 5.10 Å². The molecule has 0 aliphatic carbocycles. The van der Waals surface area contributed by atoms with E-state index in [1.54, 1.807) is 13.2 Å². The van der Waals surface area contributed by atoms with Gasteiger partial charge in [-0.25, -0.2) is 5.43 Å².